The van der Waals surface area contributed by atoms with Crippen LogP contribution in [0.3, 0.4) is 0 Å². The standard InChI is InChI=1S/C28H29FN2O2/c1-21(32)28(25-11-3-2-4-12-25)14-16-31(17-15-28)20-22-8-7-10-23(18-22)27(33)30-19-24-9-5-6-13-26(24)29/h2-13,18H,14-17,19-20H2,1H3,(H,30,33). The Morgan fingerprint density at radius 2 is 1.64 bits per heavy atom. The SMILES string of the molecule is CC(=O)C1(c2ccccc2)CCN(Cc2cccc(C(=O)NCc3ccccc3F)c2)CC1. The minimum Gasteiger partial charge on any atom is -0.348 e. The molecule has 170 valence electrons. The van der Waals surface area contributed by atoms with Crippen LogP contribution in [0.25, 0.3) is 0 Å². The molecule has 3 aromatic rings. The summed E-state index contributed by atoms with van der Waals surface area (Å²) in [6.07, 6.45) is 1.57. The summed E-state index contributed by atoms with van der Waals surface area (Å²) in [6, 6.07) is 24.1. The molecule has 1 saturated heterocycles. The lowest BCUT2D eigenvalue weighted by atomic mass is 9.70. The highest BCUT2D eigenvalue weighted by Crippen LogP contribution is 2.36. The minimum absolute atomic E-state index is 0.147. The average molecular weight is 445 g/mol. The first-order chi connectivity index (χ1) is 16.0. The van der Waals surface area contributed by atoms with Gasteiger partial charge in [0.2, 0.25) is 0 Å². The molecular weight excluding hydrogens is 415 g/mol. The summed E-state index contributed by atoms with van der Waals surface area (Å²) in [7, 11) is 0. The molecular formula is C28H29FN2O2. The minimum atomic E-state index is -0.411. The molecule has 1 aliphatic rings. The van der Waals surface area contributed by atoms with Gasteiger partial charge in [-0.15, -0.1) is 0 Å². The van der Waals surface area contributed by atoms with Crippen LogP contribution in [0.5, 0.6) is 0 Å². The average Bonchev–Trinajstić information content (AvgIpc) is 2.84. The fourth-order valence-corrected chi connectivity index (χ4v) is 4.68. The highest BCUT2D eigenvalue weighted by Gasteiger charge is 2.40. The van der Waals surface area contributed by atoms with Gasteiger partial charge < -0.3 is 5.32 Å². The molecule has 0 aliphatic carbocycles. The zero-order valence-electron chi connectivity index (χ0n) is 18.9. The molecule has 0 aromatic heterocycles. The molecule has 0 radical (unpaired) electrons. The van der Waals surface area contributed by atoms with Crippen LogP contribution >= 0.6 is 0 Å². The van der Waals surface area contributed by atoms with Crippen molar-refractivity contribution in [1.29, 1.82) is 0 Å². The molecule has 0 spiro atoms. The number of halogens is 1. The number of nitrogens with one attached hydrogen (secondary N) is 1. The van der Waals surface area contributed by atoms with Crippen molar-refractivity contribution in [2.75, 3.05) is 13.1 Å². The lowest BCUT2D eigenvalue weighted by molar-refractivity contribution is -0.124. The number of carbonyl (C=O) groups is 2. The summed E-state index contributed by atoms with van der Waals surface area (Å²) < 4.78 is 13.8. The number of hydrogen-bond acceptors (Lipinski definition) is 3. The predicted molar refractivity (Wildman–Crippen MR) is 127 cm³/mol. The number of nitrogens with zero attached hydrogens (tertiary/aromatic N) is 1. The van der Waals surface area contributed by atoms with Crippen molar-refractivity contribution in [3.63, 3.8) is 0 Å². The Hall–Kier alpha value is -3.31. The smallest absolute Gasteiger partial charge is 0.251 e. The zero-order valence-corrected chi connectivity index (χ0v) is 18.9. The fourth-order valence-electron chi connectivity index (χ4n) is 4.68. The molecule has 0 unspecified atom stereocenters. The Labute approximate surface area is 194 Å². The molecule has 1 aliphatic heterocycles. The van der Waals surface area contributed by atoms with Crippen molar-refractivity contribution in [3.05, 3.63) is 107 Å². The summed E-state index contributed by atoms with van der Waals surface area (Å²) in [6.45, 7) is 4.20. The molecule has 1 fully saturated rings. The molecule has 1 amide bonds. The maximum atomic E-state index is 13.8. The quantitative estimate of drug-likeness (QED) is 0.565. The van der Waals surface area contributed by atoms with Crippen LogP contribution < -0.4 is 5.32 Å². The van der Waals surface area contributed by atoms with Gasteiger partial charge in [-0.1, -0.05) is 60.7 Å². The fraction of sp³-hybridized carbons (Fsp3) is 0.286. The van der Waals surface area contributed by atoms with Gasteiger partial charge in [0.1, 0.15) is 11.6 Å². The second-order valence-corrected chi connectivity index (χ2v) is 8.75. The van der Waals surface area contributed by atoms with Gasteiger partial charge in [-0.3, -0.25) is 14.5 Å². The monoisotopic (exact) mass is 444 g/mol. The molecule has 0 atom stereocenters. The van der Waals surface area contributed by atoms with Crippen LogP contribution in [0.2, 0.25) is 0 Å². The molecule has 1 N–H and O–H groups in total. The van der Waals surface area contributed by atoms with Gasteiger partial charge in [0, 0.05) is 24.2 Å². The normalized spacial score (nSPS) is 15.7. The van der Waals surface area contributed by atoms with E-state index in [1.54, 1.807) is 31.2 Å². The van der Waals surface area contributed by atoms with Gasteiger partial charge in [-0.25, -0.2) is 4.39 Å². The third-order valence-corrected chi connectivity index (χ3v) is 6.70. The number of ketones is 1. The van der Waals surface area contributed by atoms with Crippen LogP contribution in [0, 0.1) is 5.82 Å². The second kappa shape index (κ2) is 10.1. The first-order valence-corrected chi connectivity index (χ1v) is 11.4. The highest BCUT2D eigenvalue weighted by molar-refractivity contribution is 5.94. The van der Waals surface area contributed by atoms with Crippen LogP contribution in [0.15, 0.2) is 78.9 Å². The number of hydrogen-bond donors (Lipinski definition) is 1. The van der Waals surface area contributed by atoms with Crippen molar-refractivity contribution in [2.24, 2.45) is 0 Å². The van der Waals surface area contributed by atoms with E-state index in [0.29, 0.717) is 11.1 Å². The maximum Gasteiger partial charge on any atom is 0.251 e. The van der Waals surface area contributed by atoms with Crippen molar-refractivity contribution in [1.82, 2.24) is 10.2 Å². The Kier molecular flexibility index (Phi) is 6.99. The number of carbonyl (C=O) groups excluding carboxylic acids is 2. The van der Waals surface area contributed by atoms with E-state index in [9.17, 15) is 14.0 Å². The van der Waals surface area contributed by atoms with E-state index in [0.717, 1.165) is 43.6 Å². The summed E-state index contributed by atoms with van der Waals surface area (Å²) in [5.74, 6) is -0.325. The van der Waals surface area contributed by atoms with Crippen LogP contribution in [-0.4, -0.2) is 29.7 Å². The molecule has 3 aromatic carbocycles. The van der Waals surface area contributed by atoms with E-state index in [1.165, 1.54) is 6.07 Å². The predicted octanol–water partition coefficient (Wildman–Crippen LogP) is 4.88. The van der Waals surface area contributed by atoms with Gasteiger partial charge >= 0.3 is 0 Å². The van der Waals surface area contributed by atoms with E-state index in [1.807, 2.05) is 36.4 Å². The second-order valence-electron chi connectivity index (χ2n) is 8.75. The molecule has 5 heteroatoms. The van der Waals surface area contributed by atoms with Crippen molar-refractivity contribution >= 4 is 11.7 Å². The Morgan fingerprint density at radius 1 is 0.939 bits per heavy atom. The summed E-state index contributed by atoms with van der Waals surface area (Å²) >= 11 is 0. The van der Waals surface area contributed by atoms with Crippen LogP contribution in [-0.2, 0) is 23.3 Å². The molecule has 33 heavy (non-hydrogen) atoms. The first-order valence-electron chi connectivity index (χ1n) is 11.4. The Morgan fingerprint density at radius 3 is 2.33 bits per heavy atom. The topological polar surface area (TPSA) is 49.4 Å². The van der Waals surface area contributed by atoms with E-state index in [4.69, 9.17) is 0 Å². The van der Waals surface area contributed by atoms with E-state index in [2.05, 4.69) is 22.3 Å². The third kappa shape index (κ3) is 5.20. The maximum absolute atomic E-state index is 13.8. The summed E-state index contributed by atoms with van der Waals surface area (Å²) in [4.78, 5) is 27.5. The number of likely N-dealkylation sites (tertiary alicyclic amines) is 1. The van der Waals surface area contributed by atoms with Gasteiger partial charge in [-0.2, -0.15) is 0 Å². The highest BCUT2D eigenvalue weighted by atomic mass is 19.1. The summed E-state index contributed by atoms with van der Waals surface area (Å²) in [5.41, 5.74) is 2.76. The Balaban J connectivity index is 1.37. The first kappa shape index (κ1) is 22.9. The molecule has 4 nitrogen and oxygen atoms in total. The van der Waals surface area contributed by atoms with Gasteiger partial charge in [0.25, 0.3) is 5.91 Å². The van der Waals surface area contributed by atoms with E-state index < -0.39 is 5.41 Å². The number of Topliss-reactive ketones (excluding diaryl/α,β-unsaturated/α-hetero) is 1. The molecule has 0 bridgehead atoms. The lowest BCUT2D eigenvalue weighted by Gasteiger charge is -2.40. The van der Waals surface area contributed by atoms with Gasteiger partial charge in [0.05, 0.1) is 5.41 Å². The lowest BCUT2D eigenvalue weighted by Crippen LogP contribution is -2.46. The van der Waals surface area contributed by atoms with Crippen molar-refractivity contribution in [2.45, 2.75) is 38.3 Å². The third-order valence-electron chi connectivity index (χ3n) is 6.70. The molecule has 1 heterocycles. The van der Waals surface area contributed by atoms with E-state index in [-0.39, 0.29) is 24.1 Å². The molecule has 0 saturated carbocycles. The molecule has 4 rings (SSSR count). The number of amides is 1. The van der Waals surface area contributed by atoms with Crippen LogP contribution in [0.1, 0.15) is 46.8 Å². The van der Waals surface area contributed by atoms with Crippen molar-refractivity contribution in [3.8, 4) is 0 Å². The number of benzene rings is 3. The number of rotatable bonds is 7. The number of piperidine rings is 1. The van der Waals surface area contributed by atoms with Gasteiger partial charge in [0.15, 0.2) is 0 Å². The Bertz CT molecular complexity index is 1120. The van der Waals surface area contributed by atoms with E-state index >= 15 is 0 Å². The van der Waals surface area contributed by atoms with Crippen molar-refractivity contribution < 1.29 is 14.0 Å². The van der Waals surface area contributed by atoms with Gasteiger partial charge in [-0.05, 0) is 62.2 Å². The van der Waals surface area contributed by atoms with Crippen LogP contribution in [0.4, 0.5) is 4.39 Å². The summed E-state index contributed by atoms with van der Waals surface area (Å²) in [5, 5.41) is 2.80. The largest absolute Gasteiger partial charge is 0.348 e. The zero-order chi connectivity index (χ0) is 23.3.